The fourth-order valence-electron chi connectivity index (χ4n) is 4.12. The molecule has 1 aliphatic rings. The van der Waals surface area contributed by atoms with Gasteiger partial charge in [-0.25, -0.2) is 4.98 Å². The first-order valence-corrected chi connectivity index (χ1v) is 11.2. The molecule has 2 aromatic rings. The minimum Gasteiger partial charge on any atom is -0.350 e. The van der Waals surface area contributed by atoms with Gasteiger partial charge in [0.2, 0.25) is 5.91 Å². The predicted octanol–water partition coefficient (Wildman–Crippen LogP) is 5.58. The maximum absolute atomic E-state index is 13.3. The number of anilines is 1. The van der Waals surface area contributed by atoms with Gasteiger partial charge in [0.1, 0.15) is 6.04 Å². The van der Waals surface area contributed by atoms with E-state index in [4.69, 9.17) is 11.6 Å². The number of thiazole rings is 1. The van der Waals surface area contributed by atoms with Crippen molar-refractivity contribution in [2.45, 2.75) is 53.0 Å². The summed E-state index contributed by atoms with van der Waals surface area (Å²) in [5, 5.41) is 6.96. The third-order valence-electron chi connectivity index (χ3n) is 5.64. The molecular formula is C22H30ClN3OS. The fourth-order valence-corrected chi connectivity index (χ4v) is 4.97. The maximum Gasteiger partial charge on any atom is 0.245 e. The number of aryl methyl sites for hydroxylation is 1. The molecule has 0 radical (unpaired) electrons. The van der Waals surface area contributed by atoms with Gasteiger partial charge in [-0.15, -0.1) is 11.3 Å². The number of hydrogen-bond acceptors (Lipinski definition) is 4. The number of benzene rings is 1. The zero-order valence-corrected chi connectivity index (χ0v) is 18.9. The SMILES string of the molecule is Cc1csc(NC(C(=O)N2CCC(c3ccc(Cl)cc3)C(C)(C)C2)C(C)C)n1. The molecular weight excluding hydrogens is 390 g/mol. The van der Waals surface area contributed by atoms with E-state index in [1.807, 2.05) is 29.3 Å². The lowest BCUT2D eigenvalue weighted by atomic mass is 9.70. The molecule has 1 amide bonds. The van der Waals surface area contributed by atoms with Crippen LogP contribution in [0.15, 0.2) is 29.6 Å². The number of halogens is 1. The average molecular weight is 420 g/mol. The van der Waals surface area contributed by atoms with Crippen molar-refractivity contribution in [1.82, 2.24) is 9.88 Å². The van der Waals surface area contributed by atoms with Gasteiger partial charge in [-0.1, -0.05) is 51.4 Å². The Kier molecular flexibility index (Phi) is 6.35. The summed E-state index contributed by atoms with van der Waals surface area (Å²) < 4.78 is 0. The van der Waals surface area contributed by atoms with Crippen molar-refractivity contribution in [3.05, 3.63) is 45.9 Å². The van der Waals surface area contributed by atoms with E-state index in [0.717, 1.165) is 35.4 Å². The number of nitrogens with zero attached hydrogens (tertiary/aromatic N) is 2. The van der Waals surface area contributed by atoms with Crippen LogP contribution in [0, 0.1) is 18.3 Å². The average Bonchev–Trinajstić information content (AvgIpc) is 3.04. The lowest BCUT2D eigenvalue weighted by Gasteiger charge is -2.45. The van der Waals surface area contributed by atoms with Gasteiger partial charge in [0.05, 0.1) is 5.69 Å². The first-order chi connectivity index (χ1) is 13.2. The van der Waals surface area contributed by atoms with Crippen molar-refractivity contribution in [1.29, 1.82) is 0 Å². The molecule has 3 rings (SSSR count). The number of hydrogen-bond donors (Lipinski definition) is 1. The number of carbonyl (C=O) groups is 1. The molecule has 1 saturated heterocycles. The molecule has 0 saturated carbocycles. The summed E-state index contributed by atoms with van der Waals surface area (Å²) in [5.74, 6) is 0.778. The van der Waals surface area contributed by atoms with Gasteiger partial charge < -0.3 is 10.2 Å². The highest BCUT2D eigenvalue weighted by molar-refractivity contribution is 7.13. The lowest BCUT2D eigenvalue weighted by molar-refractivity contribution is -0.136. The van der Waals surface area contributed by atoms with Crippen LogP contribution in [-0.4, -0.2) is 34.9 Å². The van der Waals surface area contributed by atoms with Gasteiger partial charge in [0.15, 0.2) is 5.13 Å². The van der Waals surface area contributed by atoms with E-state index >= 15 is 0 Å². The molecule has 4 nitrogen and oxygen atoms in total. The number of likely N-dealkylation sites (tertiary alicyclic amines) is 1. The summed E-state index contributed by atoms with van der Waals surface area (Å²) >= 11 is 7.61. The van der Waals surface area contributed by atoms with Crippen LogP contribution in [-0.2, 0) is 4.79 Å². The number of amides is 1. The highest BCUT2D eigenvalue weighted by Gasteiger charge is 2.40. The molecule has 1 aliphatic heterocycles. The lowest BCUT2D eigenvalue weighted by Crippen LogP contribution is -2.53. The highest BCUT2D eigenvalue weighted by atomic mass is 35.5. The Morgan fingerprint density at radius 2 is 2.00 bits per heavy atom. The van der Waals surface area contributed by atoms with Crippen molar-refractivity contribution < 1.29 is 4.79 Å². The van der Waals surface area contributed by atoms with Crippen LogP contribution in [0.3, 0.4) is 0 Å². The van der Waals surface area contributed by atoms with Gasteiger partial charge in [-0.05, 0) is 48.3 Å². The van der Waals surface area contributed by atoms with E-state index in [9.17, 15) is 4.79 Å². The minimum atomic E-state index is -0.256. The van der Waals surface area contributed by atoms with E-state index in [1.165, 1.54) is 5.56 Å². The molecule has 1 aromatic carbocycles. The zero-order chi connectivity index (χ0) is 20.5. The van der Waals surface area contributed by atoms with Crippen LogP contribution < -0.4 is 5.32 Å². The van der Waals surface area contributed by atoms with Crippen molar-refractivity contribution in [3.63, 3.8) is 0 Å². The van der Waals surface area contributed by atoms with E-state index < -0.39 is 0 Å². The number of aromatic nitrogens is 1. The second kappa shape index (κ2) is 8.42. The van der Waals surface area contributed by atoms with Gasteiger partial charge >= 0.3 is 0 Å². The molecule has 2 unspecified atom stereocenters. The monoisotopic (exact) mass is 419 g/mol. The van der Waals surface area contributed by atoms with Crippen LogP contribution in [0.4, 0.5) is 5.13 Å². The topological polar surface area (TPSA) is 45.2 Å². The fraction of sp³-hybridized carbons (Fsp3) is 0.545. The van der Waals surface area contributed by atoms with E-state index in [0.29, 0.717) is 5.92 Å². The Morgan fingerprint density at radius 1 is 1.32 bits per heavy atom. The quantitative estimate of drug-likeness (QED) is 0.687. The van der Waals surface area contributed by atoms with Gasteiger partial charge in [0.25, 0.3) is 0 Å². The number of rotatable bonds is 5. The third-order valence-corrected chi connectivity index (χ3v) is 6.79. The van der Waals surface area contributed by atoms with Crippen molar-refractivity contribution >= 4 is 34.0 Å². The summed E-state index contributed by atoms with van der Waals surface area (Å²) in [6.45, 7) is 12.2. The highest BCUT2D eigenvalue weighted by Crippen LogP contribution is 2.42. The van der Waals surface area contributed by atoms with Crippen LogP contribution in [0.5, 0.6) is 0 Å². The van der Waals surface area contributed by atoms with E-state index in [-0.39, 0.29) is 23.3 Å². The zero-order valence-electron chi connectivity index (χ0n) is 17.3. The molecule has 152 valence electrons. The van der Waals surface area contributed by atoms with Gasteiger partial charge in [0, 0.05) is 23.5 Å². The molecule has 1 N–H and O–H groups in total. The molecule has 28 heavy (non-hydrogen) atoms. The molecule has 6 heteroatoms. The van der Waals surface area contributed by atoms with Gasteiger partial charge in [-0.3, -0.25) is 4.79 Å². The second-order valence-electron chi connectivity index (χ2n) is 8.80. The Bertz CT molecular complexity index is 815. The summed E-state index contributed by atoms with van der Waals surface area (Å²) in [6.07, 6.45) is 0.960. The van der Waals surface area contributed by atoms with Gasteiger partial charge in [-0.2, -0.15) is 0 Å². The third kappa shape index (κ3) is 4.69. The molecule has 0 spiro atoms. The summed E-state index contributed by atoms with van der Waals surface area (Å²) in [7, 11) is 0. The molecule has 2 heterocycles. The molecule has 1 fully saturated rings. The van der Waals surface area contributed by atoms with Crippen LogP contribution in [0.1, 0.15) is 51.3 Å². The molecule has 0 bridgehead atoms. The Balaban J connectivity index is 1.73. The first kappa shape index (κ1) is 21.1. The Labute approximate surface area is 177 Å². The van der Waals surface area contributed by atoms with E-state index in [1.54, 1.807) is 11.3 Å². The summed E-state index contributed by atoms with van der Waals surface area (Å²) in [4.78, 5) is 19.9. The molecule has 1 aromatic heterocycles. The maximum atomic E-state index is 13.3. The standard InChI is InChI=1S/C22H30ClN3OS/c1-14(2)19(25-21-24-15(3)12-28-21)20(27)26-11-10-18(22(4,5)13-26)16-6-8-17(23)9-7-16/h6-9,12,14,18-19H,10-11,13H2,1-5H3,(H,24,25). The Morgan fingerprint density at radius 3 is 2.54 bits per heavy atom. The number of piperidine rings is 1. The molecule has 0 aliphatic carbocycles. The van der Waals surface area contributed by atoms with Crippen molar-refractivity contribution in [2.75, 3.05) is 18.4 Å². The minimum absolute atomic E-state index is 0.00103. The van der Waals surface area contributed by atoms with Crippen molar-refractivity contribution in [2.24, 2.45) is 11.3 Å². The number of carbonyl (C=O) groups excluding carboxylic acids is 1. The Hall–Kier alpha value is -1.59. The second-order valence-corrected chi connectivity index (χ2v) is 10.1. The largest absolute Gasteiger partial charge is 0.350 e. The van der Waals surface area contributed by atoms with E-state index in [2.05, 4.69) is 50.1 Å². The van der Waals surface area contributed by atoms with Crippen LogP contribution >= 0.6 is 22.9 Å². The normalized spacial score (nSPS) is 20.2. The summed E-state index contributed by atoms with van der Waals surface area (Å²) in [5.41, 5.74) is 2.28. The van der Waals surface area contributed by atoms with Crippen LogP contribution in [0.25, 0.3) is 0 Å². The first-order valence-electron chi connectivity index (χ1n) is 9.90. The smallest absolute Gasteiger partial charge is 0.245 e. The van der Waals surface area contributed by atoms with Crippen molar-refractivity contribution in [3.8, 4) is 0 Å². The molecule has 2 atom stereocenters. The van der Waals surface area contributed by atoms with Crippen LogP contribution in [0.2, 0.25) is 5.02 Å². The summed E-state index contributed by atoms with van der Waals surface area (Å²) in [6, 6.07) is 7.90. The number of nitrogens with one attached hydrogen (secondary N) is 1. The predicted molar refractivity (Wildman–Crippen MR) is 118 cm³/mol.